The highest BCUT2D eigenvalue weighted by Crippen LogP contribution is 2.32. The zero-order valence-corrected chi connectivity index (χ0v) is 15.3. The highest BCUT2D eigenvalue weighted by Gasteiger charge is 2.26. The van der Waals surface area contributed by atoms with E-state index in [1.54, 1.807) is 27.9 Å². The third-order valence-corrected chi connectivity index (χ3v) is 4.22. The van der Waals surface area contributed by atoms with Crippen LogP contribution in [0.2, 0.25) is 0 Å². The third kappa shape index (κ3) is 5.11. The zero-order chi connectivity index (χ0) is 18.6. The Morgan fingerprint density at radius 3 is 2.40 bits per heavy atom. The summed E-state index contributed by atoms with van der Waals surface area (Å²) >= 11 is 0. The van der Waals surface area contributed by atoms with Gasteiger partial charge in [0.1, 0.15) is 17.4 Å². The number of carbonyl (C=O) groups is 2. The van der Waals surface area contributed by atoms with Crippen molar-refractivity contribution in [3.63, 3.8) is 0 Å². The van der Waals surface area contributed by atoms with Crippen LogP contribution in [-0.2, 0) is 28.8 Å². The number of carbonyl (C=O) groups excluding carboxylic acids is 1. The van der Waals surface area contributed by atoms with Gasteiger partial charge in [0, 0.05) is 6.42 Å². The zero-order valence-electron chi connectivity index (χ0n) is 15.3. The molecule has 2 rings (SSSR count). The normalized spacial score (nSPS) is 15.0. The minimum atomic E-state index is -1.08. The molecule has 0 heterocycles. The van der Waals surface area contributed by atoms with Crippen molar-refractivity contribution in [3.05, 3.63) is 28.8 Å². The van der Waals surface area contributed by atoms with Gasteiger partial charge in [0.05, 0.1) is 7.11 Å². The number of hydrogen-bond acceptors (Lipinski definition) is 4. The van der Waals surface area contributed by atoms with Gasteiger partial charge < -0.3 is 19.9 Å². The van der Waals surface area contributed by atoms with Crippen molar-refractivity contribution in [1.29, 1.82) is 0 Å². The van der Waals surface area contributed by atoms with E-state index in [1.165, 1.54) is 0 Å². The lowest BCUT2D eigenvalue weighted by atomic mass is 9.85. The fourth-order valence-corrected chi connectivity index (χ4v) is 3.16. The van der Waals surface area contributed by atoms with Crippen LogP contribution >= 0.6 is 0 Å². The Hall–Kier alpha value is -2.24. The minimum Gasteiger partial charge on any atom is -0.496 e. The summed E-state index contributed by atoms with van der Waals surface area (Å²) in [7, 11) is 1.65. The molecule has 1 unspecified atom stereocenters. The predicted molar refractivity (Wildman–Crippen MR) is 94.1 cm³/mol. The van der Waals surface area contributed by atoms with Crippen LogP contribution in [0.3, 0.4) is 0 Å². The van der Waals surface area contributed by atoms with Gasteiger partial charge in [-0.1, -0.05) is 6.07 Å². The molecule has 0 radical (unpaired) electrons. The Morgan fingerprint density at radius 1 is 1.20 bits per heavy atom. The Kier molecular flexibility index (Phi) is 5.93. The van der Waals surface area contributed by atoms with Crippen molar-refractivity contribution in [1.82, 2.24) is 5.32 Å². The Bertz CT molecular complexity index is 648. The lowest BCUT2D eigenvalue weighted by Crippen LogP contribution is -2.44. The van der Waals surface area contributed by atoms with E-state index in [1.807, 2.05) is 12.1 Å². The molecule has 6 heteroatoms. The lowest BCUT2D eigenvalue weighted by Gasteiger charge is -2.25. The van der Waals surface area contributed by atoms with E-state index in [0.717, 1.165) is 48.1 Å². The number of ether oxygens (including phenoxy) is 2. The average Bonchev–Trinajstić information content (AvgIpc) is 2.52. The monoisotopic (exact) mass is 349 g/mol. The van der Waals surface area contributed by atoms with Crippen LogP contribution in [0.5, 0.6) is 5.75 Å². The van der Waals surface area contributed by atoms with Crippen molar-refractivity contribution in [2.24, 2.45) is 0 Å². The average molecular weight is 349 g/mol. The molecular weight excluding hydrogens is 322 g/mol. The summed E-state index contributed by atoms with van der Waals surface area (Å²) < 4.78 is 10.6. The predicted octanol–water partition coefficient (Wildman–Crippen LogP) is 3.09. The van der Waals surface area contributed by atoms with Crippen molar-refractivity contribution in [2.45, 2.75) is 64.5 Å². The number of nitrogens with one attached hydrogen (secondary N) is 1. The fraction of sp³-hybridized carbons (Fsp3) is 0.579. The van der Waals surface area contributed by atoms with Crippen molar-refractivity contribution >= 4 is 12.1 Å². The van der Waals surface area contributed by atoms with Gasteiger partial charge in [0.15, 0.2) is 0 Å². The Labute approximate surface area is 148 Å². The molecule has 0 bridgehead atoms. The maximum Gasteiger partial charge on any atom is 0.408 e. The SMILES string of the molecule is COc1ccc(CC(NC(=O)OC(C)(C)C)C(=O)O)c2c1CCCC2. The molecule has 138 valence electrons. The summed E-state index contributed by atoms with van der Waals surface area (Å²) in [5.41, 5.74) is 2.58. The van der Waals surface area contributed by atoms with Crippen LogP contribution in [0.4, 0.5) is 4.79 Å². The van der Waals surface area contributed by atoms with Gasteiger partial charge in [0.2, 0.25) is 0 Å². The second kappa shape index (κ2) is 7.76. The number of fused-ring (bicyclic) bond motifs is 1. The van der Waals surface area contributed by atoms with Gasteiger partial charge in [-0.25, -0.2) is 9.59 Å². The summed E-state index contributed by atoms with van der Waals surface area (Å²) in [4.78, 5) is 23.5. The molecule has 1 aromatic carbocycles. The van der Waals surface area contributed by atoms with E-state index in [4.69, 9.17) is 9.47 Å². The van der Waals surface area contributed by atoms with E-state index in [0.29, 0.717) is 0 Å². The van der Waals surface area contributed by atoms with Gasteiger partial charge in [-0.15, -0.1) is 0 Å². The molecule has 0 saturated carbocycles. The van der Waals surface area contributed by atoms with E-state index in [9.17, 15) is 14.7 Å². The molecule has 1 amide bonds. The van der Waals surface area contributed by atoms with Gasteiger partial charge in [-0.05, 0) is 69.2 Å². The van der Waals surface area contributed by atoms with Crippen LogP contribution < -0.4 is 10.1 Å². The third-order valence-electron chi connectivity index (χ3n) is 4.22. The largest absolute Gasteiger partial charge is 0.496 e. The summed E-state index contributed by atoms with van der Waals surface area (Å²) in [5, 5.41) is 12.0. The molecule has 1 aliphatic carbocycles. The first-order chi connectivity index (χ1) is 11.7. The summed E-state index contributed by atoms with van der Waals surface area (Å²) in [6, 6.07) is 2.75. The quantitative estimate of drug-likeness (QED) is 0.853. The molecule has 25 heavy (non-hydrogen) atoms. The molecule has 2 N–H and O–H groups in total. The maximum atomic E-state index is 11.9. The highest BCUT2D eigenvalue weighted by atomic mass is 16.6. The number of rotatable bonds is 5. The molecule has 0 spiro atoms. The number of amides is 1. The standard InChI is InChI=1S/C19H27NO5/c1-19(2,3)25-18(23)20-15(17(21)22)11-12-9-10-16(24-4)14-8-6-5-7-13(12)14/h9-10,15H,5-8,11H2,1-4H3,(H,20,23)(H,21,22). The topological polar surface area (TPSA) is 84.9 Å². The number of carboxylic acids is 1. The van der Waals surface area contributed by atoms with Crippen molar-refractivity contribution < 1.29 is 24.2 Å². The molecule has 6 nitrogen and oxygen atoms in total. The minimum absolute atomic E-state index is 0.223. The number of hydrogen-bond donors (Lipinski definition) is 2. The molecular formula is C19H27NO5. The molecule has 1 atom stereocenters. The maximum absolute atomic E-state index is 11.9. The van der Waals surface area contributed by atoms with E-state index in [-0.39, 0.29) is 6.42 Å². The first-order valence-electron chi connectivity index (χ1n) is 8.61. The molecule has 1 aromatic rings. The van der Waals surface area contributed by atoms with Crippen molar-refractivity contribution in [3.8, 4) is 5.75 Å². The Morgan fingerprint density at radius 2 is 1.84 bits per heavy atom. The summed E-state index contributed by atoms with van der Waals surface area (Å²) in [6.45, 7) is 5.21. The number of carboxylic acid groups (broad SMARTS) is 1. The van der Waals surface area contributed by atoms with Gasteiger partial charge in [-0.3, -0.25) is 0 Å². The molecule has 0 fully saturated rings. The first-order valence-corrected chi connectivity index (χ1v) is 8.61. The molecule has 1 aliphatic rings. The smallest absolute Gasteiger partial charge is 0.408 e. The molecule has 0 aliphatic heterocycles. The van der Waals surface area contributed by atoms with Crippen LogP contribution in [0.25, 0.3) is 0 Å². The van der Waals surface area contributed by atoms with E-state index < -0.39 is 23.7 Å². The molecule has 0 aromatic heterocycles. The first kappa shape index (κ1) is 19.1. The number of methoxy groups -OCH3 is 1. The van der Waals surface area contributed by atoms with E-state index in [2.05, 4.69) is 5.32 Å². The number of alkyl carbamates (subject to hydrolysis) is 1. The highest BCUT2D eigenvalue weighted by molar-refractivity contribution is 5.80. The summed E-state index contributed by atoms with van der Waals surface area (Å²) in [6.07, 6.45) is 3.52. The van der Waals surface area contributed by atoms with E-state index >= 15 is 0 Å². The van der Waals surface area contributed by atoms with Gasteiger partial charge in [-0.2, -0.15) is 0 Å². The summed E-state index contributed by atoms with van der Waals surface area (Å²) in [5.74, 6) is -0.225. The van der Waals surface area contributed by atoms with Gasteiger partial charge in [0.25, 0.3) is 0 Å². The fourth-order valence-electron chi connectivity index (χ4n) is 3.16. The number of aliphatic carboxylic acids is 1. The van der Waals surface area contributed by atoms with Gasteiger partial charge >= 0.3 is 12.1 Å². The van der Waals surface area contributed by atoms with Crippen LogP contribution in [-0.4, -0.2) is 35.9 Å². The molecule has 0 saturated heterocycles. The van der Waals surface area contributed by atoms with Crippen molar-refractivity contribution in [2.75, 3.05) is 7.11 Å². The van der Waals surface area contributed by atoms with Crippen LogP contribution in [0, 0.1) is 0 Å². The second-order valence-electron chi connectivity index (χ2n) is 7.33. The van der Waals surface area contributed by atoms with Crippen LogP contribution in [0.15, 0.2) is 12.1 Å². The second-order valence-corrected chi connectivity index (χ2v) is 7.33. The Balaban J connectivity index is 2.20. The lowest BCUT2D eigenvalue weighted by molar-refractivity contribution is -0.139. The number of benzene rings is 1. The van der Waals surface area contributed by atoms with Crippen LogP contribution in [0.1, 0.15) is 50.3 Å².